The largest absolute Gasteiger partial charge is 0.482 e. The highest BCUT2D eigenvalue weighted by Gasteiger charge is 2.24. The molecule has 0 aliphatic carbocycles. The monoisotopic (exact) mass is 276 g/mol. The van der Waals surface area contributed by atoms with Crippen LogP contribution in [0.2, 0.25) is 0 Å². The molecule has 2 rings (SSSR count). The van der Waals surface area contributed by atoms with Gasteiger partial charge in [-0.3, -0.25) is 4.79 Å². The average molecular weight is 276 g/mol. The molecule has 0 radical (unpaired) electrons. The van der Waals surface area contributed by atoms with E-state index in [1.165, 1.54) is 0 Å². The number of hydrogen-bond acceptors (Lipinski definition) is 3. The molecule has 0 spiro atoms. The molecule has 1 aromatic carbocycles. The highest BCUT2D eigenvalue weighted by molar-refractivity contribution is 5.78. The van der Waals surface area contributed by atoms with Crippen molar-refractivity contribution in [2.24, 2.45) is 11.8 Å². The van der Waals surface area contributed by atoms with Gasteiger partial charge in [0, 0.05) is 13.1 Å². The Balaban J connectivity index is 1.80. The summed E-state index contributed by atoms with van der Waals surface area (Å²) in [4.78, 5) is 14.0. The fourth-order valence-electron chi connectivity index (χ4n) is 2.66. The summed E-state index contributed by atoms with van der Waals surface area (Å²) >= 11 is 0. The van der Waals surface area contributed by atoms with Crippen LogP contribution in [-0.2, 0) is 4.79 Å². The summed E-state index contributed by atoms with van der Waals surface area (Å²) in [5.41, 5.74) is 6.36. The Hall–Kier alpha value is -1.71. The fraction of sp³-hybridized carbons (Fsp3) is 0.562. The van der Waals surface area contributed by atoms with Gasteiger partial charge in [0.25, 0.3) is 5.91 Å². The molecule has 1 saturated heterocycles. The lowest BCUT2D eigenvalue weighted by Gasteiger charge is -2.33. The van der Waals surface area contributed by atoms with E-state index in [0.29, 0.717) is 17.4 Å². The normalized spacial score (nSPS) is 16.4. The molecule has 4 heteroatoms. The van der Waals surface area contributed by atoms with Gasteiger partial charge in [0.05, 0.1) is 5.69 Å². The number of anilines is 1. The number of carbonyl (C=O) groups excluding carboxylic acids is 1. The van der Waals surface area contributed by atoms with E-state index < -0.39 is 0 Å². The molecule has 20 heavy (non-hydrogen) atoms. The van der Waals surface area contributed by atoms with Crippen molar-refractivity contribution < 1.29 is 9.53 Å². The van der Waals surface area contributed by atoms with E-state index in [1.807, 2.05) is 17.0 Å². The van der Waals surface area contributed by atoms with Crippen molar-refractivity contribution in [1.82, 2.24) is 4.90 Å². The first-order valence-corrected chi connectivity index (χ1v) is 7.33. The zero-order valence-corrected chi connectivity index (χ0v) is 12.3. The third-order valence-electron chi connectivity index (χ3n) is 4.11. The van der Waals surface area contributed by atoms with Gasteiger partial charge in [-0.15, -0.1) is 0 Å². The molecule has 110 valence electrons. The third-order valence-corrected chi connectivity index (χ3v) is 4.11. The van der Waals surface area contributed by atoms with Gasteiger partial charge < -0.3 is 15.4 Å². The molecule has 1 amide bonds. The zero-order chi connectivity index (χ0) is 14.5. The van der Waals surface area contributed by atoms with E-state index >= 15 is 0 Å². The third kappa shape index (κ3) is 3.65. The molecule has 1 fully saturated rings. The maximum atomic E-state index is 12.1. The summed E-state index contributed by atoms with van der Waals surface area (Å²) in [7, 11) is 0. The van der Waals surface area contributed by atoms with E-state index in [1.54, 1.807) is 12.1 Å². The summed E-state index contributed by atoms with van der Waals surface area (Å²) in [6, 6.07) is 7.26. The zero-order valence-electron chi connectivity index (χ0n) is 12.3. The molecule has 2 N–H and O–H groups in total. The van der Waals surface area contributed by atoms with Crippen molar-refractivity contribution in [3.63, 3.8) is 0 Å². The molecule has 1 heterocycles. The number of amides is 1. The first kappa shape index (κ1) is 14.7. The Morgan fingerprint density at radius 1 is 1.35 bits per heavy atom. The Bertz CT molecular complexity index is 452. The van der Waals surface area contributed by atoms with Crippen LogP contribution in [0, 0.1) is 11.8 Å². The minimum Gasteiger partial charge on any atom is -0.482 e. The van der Waals surface area contributed by atoms with Crippen LogP contribution >= 0.6 is 0 Å². The number of ether oxygens (including phenoxy) is 1. The number of piperidine rings is 1. The molecule has 4 nitrogen and oxygen atoms in total. The van der Waals surface area contributed by atoms with Crippen LogP contribution in [0.3, 0.4) is 0 Å². The first-order valence-electron chi connectivity index (χ1n) is 7.33. The lowest BCUT2D eigenvalue weighted by atomic mass is 9.87. The van der Waals surface area contributed by atoms with Crippen molar-refractivity contribution in [3.05, 3.63) is 24.3 Å². The van der Waals surface area contributed by atoms with Gasteiger partial charge >= 0.3 is 0 Å². The van der Waals surface area contributed by atoms with Gasteiger partial charge in [-0.05, 0) is 36.8 Å². The van der Waals surface area contributed by atoms with E-state index in [4.69, 9.17) is 10.5 Å². The molecule has 1 aliphatic rings. The Morgan fingerprint density at radius 3 is 2.60 bits per heavy atom. The number of nitrogen functional groups attached to an aromatic ring is 1. The molecular formula is C16H24N2O2. The van der Waals surface area contributed by atoms with Gasteiger partial charge in [-0.25, -0.2) is 0 Å². The van der Waals surface area contributed by atoms with Crippen molar-refractivity contribution in [2.45, 2.75) is 26.7 Å². The summed E-state index contributed by atoms with van der Waals surface area (Å²) in [6.45, 7) is 6.26. The number of rotatable bonds is 4. The van der Waals surface area contributed by atoms with Crippen molar-refractivity contribution in [1.29, 1.82) is 0 Å². The van der Waals surface area contributed by atoms with E-state index in [0.717, 1.165) is 31.8 Å². The summed E-state index contributed by atoms with van der Waals surface area (Å²) in [5.74, 6) is 2.07. The van der Waals surface area contributed by atoms with E-state index in [2.05, 4.69) is 13.8 Å². The first-order chi connectivity index (χ1) is 9.58. The summed E-state index contributed by atoms with van der Waals surface area (Å²) in [6.07, 6.45) is 2.19. The highest BCUT2D eigenvalue weighted by atomic mass is 16.5. The lowest BCUT2D eigenvalue weighted by molar-refractivity contribution is -0.134. The van der Waals surface area contributed by atoms with Gasteiger partial charge in [0.15, 0.2) is 6.61 Å². The van der Waals surface area contributed by atoms with Crippen LogP contribution in [0.5, 0.6) is 5.75 Å². The number of nitrogens with zero attached hydrogens (tertiary/aromatic N) is 1. The summed E-state index contributed by atoms with van der Waals surface area (Å²) < 4.78 is 5.51. The second-order valence-corrected chi connectivity index (χ2v) is 5.79. The standard InChI is InChI=1S/C16H24N2O2/c1-12(2)13-7-9-18(10-8-13)16(19)11-20-15-6-4-3-5-14(15)17/h3-6,12-13H,7-11,17H2,1-2H3. The van der Waals surface area contributed by atoms with Crippen LogP contribution in [0.15, 0.2) is 24.3 Å². The average Bonchev–Trinajstić information content (AvgIpc) is 2.46. The Labute approximate surface area is 120 Å². The quantitative estimate of drug-likeness (QED) is 0.860. The molecule has 0 unspecified atom stereocenters. The molecule has 1 aliphatic heterocycles. The number of carbonyl (C=O) groups is 1. The van der Waals surface area contributed by atoms with Crippen LogP contribution in [-0.4, -0.2) is 30.5 Å². The number of hydrogen-bond donors (Lipinski definition) is 1. The number of likely N-dealkylation sites (tertiary alicyclic amines) is 1. The molecule has 0 atom stereocenters. The fourth-order valence-corrected chi connectivity index (χ4v) is 2.66. The SMILES string of the molecule is CC(C)C1CCN(C(=O)COc2ccccc2N)CC1. The van der Waals surface area contributed by atoms with Gasteiger partial charge in [-0.2, -0.15) is 0 Å². The van der Waals surface area contributed by atoms with E-state index in [-0.39, 0.29) is 12.5 Å². The van der Waals surface area contributed by atoms with Crippen LogP contribution < -0.4 is 10.5 Å². The minimum atomic E-state index is 0.0514. The number of para-hydroxylation sites is 2. The second-order valence-electron chi connectivity index (χ2n) is 5.79. The molecule has 0 saturated carbocycles. The van der Waals surface area contributed by atoms with Gasteiger partial charge in [0.2, 0.25) is 0 Å². The van der Waals surface area contributed by atoms with Gasteiger partial charge in [0.1, 0.15) is 5.75 Å². The van der Waals surface area contributed by atoms with Gasteiger partial charge in [-0.1, -0.05) is 26.0 Å². The van der Waals surface area contributed by atoms with Crippen LogP contribution in [0.1, 0.15) is 26.7 Å². The van der Waals surface area contributed by atoms with Crippen molar-refractivity contribution in [3.8, 4) is 5.75 Å². The lowest BCUT2D eigenvalue weighted by Crippen LogP contribution is -2.41. The summed E-state index contributed by atoms with van der Waals surface area (Å²) in [5, 5.41) is 0. The topological polar surface area (TPSA) is 55.6 Å². The van der Waals surface area contributed by atoms with Crippen LogP contribution in [0.25, 0.3) is 0 Å². The predicted molar refractivity (Wildman–Crippen MR) is 80.5 cm³/mol. The Morgan fingerprint density at radius 2 is 2.00 bits per heavy atom. The highest BCUT2D eigenvalue weighted by Crippen LogP contribution is 2.25. The molecule has 1 aromatic rings. The maximum absolute atomic E-state index is 12.1. The minimum absolute atomic E-state index is 0.0514. The van der Waals surface area contributed by atoms with E-state index in [9.17, 15) is 4.79 Å². The van der Waals surface area contributed by atoms with Crippen molar-refractivity contribution >= 4 is 11.6 Å². The van der Waals surface area contributed by atoms with Crippen molar-refractivity contribution in [2.75, 3.05) is 25.4 Å². The second kappa shape index (κ2) is 6.64. The number of nitrogens with two attached hydrogens (primary N) is 1. The maximum Gasteiger partial charge on any atom is 0.260 e. The van der Waals surface area contributed by atoms with Crippen LogP contribution in [0.4, 0.5) is 5.69 Å². The predicted octanol–water partition coefficient (Wildman–Crippen LogP) is 2.54. The molecular weight excluding hydrogens is 252 g/mol. The molecule has 0 aromatic heterocycles. The molecule has 0 bridgehead atoms. The smallest absolute Gasteiger partial charge is 0.260 e. The number of benzene rings is 1. The Kier molecular flexibility index (Phi) is 4.88.